The summed E-state index contributed by atoms with van der Waals surface area (Å²) in [7, 11) is 0. The lowest BCUT2D eigenvalue weighted by atomic mass is 10.0. The predicted octanol–water partition coefficient (Wildman–Crippen LogP) is 2.48. The van der Waals surface area contributed by atoms with Crippen molar-refractivity contribution < 1.29 is 4.79 Å². The van der Waals surface area contributed by atoms with E-state index in [1.807, 2.05) is 32.0 Å². The van der Waals surface area contributed by atoms with Crippen LogP contribution in [0.15, 0.2) is 28.0 Å². The highest BCUT2D eigenvalue weighted by Gasteiger charge is 2.16. The lowest BCUT2D eigenvalue weighted by molar-refractivity contribution is 0.249. The van der Waals surface area contributed by atoms with Gasteiger partial charge in [0.15, 0.2) is 0 Å². The van der Waals surface area contributed by atoms with Gasteiger partial charge in [-0.25, -0.2) is 18.1 Å². The molecule has 0 radical (unpaired) electrons. The zero-order chi connectivity index (χ0) is 17.7. The fourth-order valence-electron chi connectivity index (χ4n) is 2.61. The highest BCUT2D eigenvalue weighted by Crippen LogP contribution is 2.19. The van der Waals surface area contributed by atoms with Crippen molar-refractivity contribution in [3.8, 4) is 5.69 Å². The Morgan fingerprint density at radius 1 is 1.17 bits per heavy atom. The van der Waals surface area contributed by atoms with Gasteiger partial charge in [0, 0.05) is 13.1 Å². The lowest BCUT2D eigenvalue weighted by Crippen LogP contribution is -2.31. The largest absolute Gasteiger partial charge is 0.344 e. The molecule has 0 atom stereocenters. The van der Waals surface area contributed by atoms with Crippen molar-refractivity contribution >= 4 is 17.6 Å². The summed E-state index contributed by atoms with van der Waals surface area (Å²) >= 11 is 1.21. The molecule has 7 heteroatoms. The fourth-order valence-corrected chi connectivity index (χ4v) is 3.47. The normalized spacial score (nSPS) is 11.8. The van der Waals surface area contributed by atoms with E-state index in [0.29, 0.717) is 17.9 Å². The molecule has 1 N–H and O–H groups in total. The molecule has 1 aromatic heterocycles. The Balaban J connectivity index is 2.82. The molecular weight excluding hydrogens is 324 g/mol. The molecule has 0 aliphatic rings. The van der Waals surface area contributed by atoms with E-state index in [9.17, 15) is 9.59 Å². The van der Waals surface area contributed by atoms with Crippen LogP contribution in [-0.4, -0.2) is 21.1 Å². The van der Waals surface area contributed by atoms with Crippen LogP contribution in [-0.2, 0) is 19.4 Å². The molecule has 1 aromatic carbocycles. The molecule has 1 heterocycles. The van der Waals surface area contributed by atoms with E-state index in [2.05, 4.69) is 24.2 Å². The Bertz CT molecular complexity index is 823. The number of hydrogen-bond donors (Lipinski definition) is 1. The van der Waals surface area contributed by atoms with Gasteiger partial charge in [0.2, 0.25) is 4.80 Å². The molecule has 0 spiro atoms. The van der Waals surface area contributed by atoms with E-state index in [-0.39, 0.29) is 5.69 Å². The van der Waals surface area contributed by atoms with Gasteiger partial charge in [0.25, 0.3) is 0 Å². The zero-order valence-electron chi connectivity index (χ0n) is 14.6. The van der Waals surface area contributed by atoms with E-state index in [1.54, 1.807) is 8.52 Å². The Hall–Kier alpha value is -2.15. The lowest BCUT2D eigenvalue weighted by Gasteiger charge is -2.13. The number of nitrogens with zero attached hydrogens (tertiary/aromatic N) is 3. The van der Waals surface area contributed by atoms with E-state index < -0.39 is 6.03 Å². The van der Waals surface area contributed by atoms with E-state index in [4.69, 9.17) is 0 Å². The molecule has 0 saturated carbocycles. The van der Waals surface area contributed by atoms with E-state index in [0.717, 1.165) is 29.7 Å². The van der Waals surface area contributed by atoms with Crippen molar-refractivity contribution in [2.45, 2.75) is 47.1 Å². The highest BCUT2D eigenvalue weighted by atomic mass is 32.1. The first-order chi connectivity index (χ1) is 11.6. The number of amides is 2. The third kappa shape index (κ3) is 3.51. The molecule has 2 aromatic rings. The summed E-state index contributed by atoms with van der Waals surface area (Å²) in [6, 6.07) is 5.62. The zero-order valence-corrected chi connectivity index (χ0v) is 15.4. The summed E-state index contributed by atoms with van der Waals surface area (Å²) in [6.45, 7) is 8.91. The van der Waals surface area contributed by atoms with Gasteiger partial charge in [0.1, 0.15) is 0 Å². The molecule has 0 fully saturated rings. The molecular formula is C17H24N4O2S. The summed E-state index contributed by atoms with van der Waals surface area (Å²) in [5, 5.41) is 2.65. The van der Waals surface area contributed by atoms with Gasteiger partial charge in [-0.05, 0) is 49.3 Å². The van der Waals surface area contributed by atoms with Gasteiger partial charge in [0.05, 0.1) is 5.69 Å². The van der Waals surface area contributed by atoms with Gasteiger partial charge >= 0.3 is 11.7 Å². The van der Waals surface area contributed by atoms with Crippen molar-refractivity contribution in [2.24, 2.45) is 4.99 Å². The minimum Gasteiger partial charge on any atom is -0.336 e. The van der Waals surface area contributed by atoms with E-state index >= 15 is 0 Å². The fraction of sp³-hybridized carbons (Fsp3) is 0.471. The monoisotopic (exact) mass is 348 g/mol. The molecule has 2 rings (SSSR count). The first-order valence-electron chi connectivity index (χ1n) is 8.34. The van der Waals surface area contributed by atoms with Crippen molar-refractivity contribution in [2.75, 3.05) is 6.54 Å². The topological polar surface area (TPSA) is 68.4 Å². The molecule has 24 heavy (non-hydrogen) atoms. The molecule has 130 valence electrons. The van der Waals surface area contributed by atoms with Crippen molar-refractivity contribution in [1.82, 2.24) is 13.8 Å². The number of aryl methyl sites for hydroxylation is 3. The summed E-state index contributed by atoms with van der Waals surface area (Å²) < 4.78 is 3.20. The van der Waals surface area contributed by atoms with Crippen molar-refractivity contribution in [3.63, 3.8) is 0 Å². The number of aromatic nitrogens is 2. The van der Waals surface area contributed by atoms with Gasteiger partial charge in [-0.3, -0.25) is 0 Å². The first-order valence-corrected chi connectivity index (χ1v) is 9.11. The van der Waals surface area contributed by atoms with Crippen LogP contribution in [0.25, 0.3) is 5.69 Å². The Morgan fingerprint density at radius 3 is 2.29 bits per heavy atom. The van der Waals surface area contributed by atoms with Gasteiger partial charge < -0.3 is 5.32 Å². The number of nitrogens with one attached hydrogen (secondary N) is 1. The predicted molar refractivity (Wildman–Crippen MR) is 97.0 cm³/mol. The van der Waals surface area contributed by atoms with Crippen LogP contribution >= 0.6 is 11.5 Å². The number of benzene rings is 1. The summed E-state index contributed by atoms with van der Waals surface area (Å²) in [5.41, 5.74) is 2.86. The van der Waals surface area contributed by atoms with Gasteiger partial charge in [-0.15, -0.1) is 0 Å². The molecule has 0 aliphatic carbocycles. The molecule has 0 unspecified atom stereocenters. The standard InChI is InChI=1S/C17H24N4O2S/c1-5-12-10-9-11-13(6-2)14(12)21-16(19-15(22)18-7-3)24-20(8-4)17(21)23/h9-11H,5-8H2,1-4H3,(H,18,22)/b19-16-. The van der Waals surface area contributed by atoms with E-state index in [1.165, 1.54) is 11.5 Å². The molecule has 0 bridgehead atoms. The van der Waals surface area contributed by atoms with Crippen LogP contribution in [0.5, 0.6) is 0 Å². The summed E-state index contributed by atoms with van der Waals surface area (Å²) in [4.78, 5) is 29.3. The first kappa shape index (κ1) is 18.2. The Labute approximate surface area is 145 Å². The third-order valence-corrected chi connectivity index (χ3v) is 4.86. The second-order valence-electron chi connectivity index (χ2n) is 5.27. The number of hydrogen-bond acceptors (Lipinski definition) is 3. The molecule has 2 amide bonds. The van der Waals surface area contributed by atoms with Crippen molar-refractivity contribution in [3.05, 3.63) is 44.6 Å². The van der Waals surface area contributed by atoms with Crippen LogP contribution in [0.1, 0.15) is 38.8 Å². The minimum absolute atomic E-state index is 0.152. The maximum atomic E-state index is 12.8. The Morgan fingerprint density at radius 2 is 1.79 bits per heavy atom. The minimum atomic E-state index is -0.428. The number of para-hydroxylation sites is 1. The quantitative estimate of drug-likeness (QED) is 0.902. The van der Waals surface area contributed by atoms with Crippen LogP contribution < -0.4 is 15.8 Å². The smallest absolute Gasteiger partial charge is 0.336 e. The van der Waals surface area contributed by atoms with Gasteiger partial charge in [-0.2, -0.15) is 4.99 Å². The summed E-state index contributed by atoms with van der Waals surface area (Å²) in [6.07, 6.45) is 1.61. The average Bonchev–Trinajstić information content (AvgIpc) is 2.89. The van der Waals surface area contributed by atoms with Gasteiger partial charge in [-0.1, -0.05) is 32.0 Å². The summed E-state index contributed by atoms with van der Waals surface area (Å²) in [5.74, 6) is 0. The Kier molecular flexibility index (Phi) is 6.14. The number of rotatable bonds is 5. The SMILES string of the molecule is CCNC(=O)/N=c1\sn(CC)c(=O)n1-c1c(CC)cccc1CC. The number of urea groups is 1. The highest BCUT2D eigenvalue weighted by molar-refractivity contribution is 7.03. The third-order valence-electron chi connectivity index (χ3n) is 3.79. The molecule has 0 saturated heterocycles. The second-order valence-corrected chi connectivity index (χ2v) is 6.25. The number of carbonyl (C=O) groups excluding carboxylic acids is 1. The van der Waals surface area contributed by atoms with Crippen LogP contribution in [0.3, 0.4) is 0 Å². The molecule has 0 aliphatic heterocycles. The maximum Gasteiger partial charge on any atom is 0.344 e. The molecule has 6 nitrogen and oxygen atoms in total. The van der Waals surface area contributed by atoms with Crippen LogP contribution in [0.2, 0.25) is 0 Å². The average molecular weight is 348 g/mol. The maximum absolute atomic E-state index is 12.8. The van der Waals surface area contributed by atoms with Crippen LogP contribution in [0, 0.1) is 0 Å². The van der Waals surface area contributed by atoms with Crippen molar-refractivity contribution in [1.29, 1.82) is 0 Å². The number of carbonyl (C=O) groups is 1. The van der Waals surface area contributed by atoms with Crippen LogP contribution in [0.4, 0.5) is 4.79 Å². The second kappa shape index (κ2) is 8.10.